The molecule has 2 aliphatic heterocycles. The maximum atomic E-state index is 12.6. The Bertz CT molecular complexity index is 528. The van der Waals surface area contributed by atoms with Gasteiger partial charge in [0.1, 0.15) is 5.82 Å². The molecular formula is C16H22F3N3O. The maximum Gasteiger partial charge on any atom is 0.417 e. The van der Waals surface area contributed by atoms with E-state index in [-0.39, 0.29) is 0 Å². The van der Waals surface area contributed by atoms with E-state index < -0.39 is 17.3 Å². The van der Waals surface area contributed by atoms with Crippen LogP contribution in [0.1, 0.15) is 31.2 Å². The fourth-order valence-electron chi connectivity index (χ4n) is 3.46. The average Bonchev–Trinajstić information content (AvgIpc) is 2.89. The minimum Gasteiger partial charge on any atom is -0.387 e. The third kappa shape index (κ3) is 3.95. The zero-order chi connectivity index (χ0) is 16.5. The Balaban J connectivity index is 1.62. The second kappa shape index (κ2) is 6.28. The molecule has 1 N–H and O–H groups in total. The molecule has 0 aromatic carbocycles. The molecule has 0 radical (unpaired) electrons. The Kier molecular flexibility index (Phi) is 4.51. The summed E-state index contributed by atoms with van der Waals surface area (Å²) in [4.78, 5) is 8.07. The molecule has 1 atom stereocenters. The zero-order valence-corrected chi connectivity index (χ0v) is 13.0. The topological polar surface area (TPSA) is 39.6 Å². The third-order valence-corrected chi connectivity index (χ3v) is 4.70. The van der Waals surface area contributed by atoms with Crippen molar-refractivity contribution in [2.75, 3.05) is 37.6 Å². The lowest BCUT2D eigenvalue weighted by Gasteiger charge is -2.33. The van der Waals surface area contributed by atoms with Gasteiger partial charge in [0.25, 0.3) is 0 Å². The fourth-order valence-corrected chi connectivity index (χ4v) is 3.46. The van der Waals surface area contributed by atoms with Crippen LogP contribution in [0.15, 0.2) is 18.3 Å². The molecule has 128 valence electrons. The molecule has 0 saturated carbocycles. The van der Waals surface area contributed by atoms with Gasteiger partial charge in [0.15, 0.2) is 0 Å². The van der Waals surface area contributed by atoms with Crippen LogP contribution in [0, 0.1) is 0 Å². The van der Waals surface area contributed by atoms with Gasteiger partial charge in [-0.1, -0.05) is 6.42 Å². The third-order valence-electron chi connectivity index (χ3n) is 4.70. The van der Waals surface area contributed by atoms with Gasteiger partial charge < -0.3 is 14.9 Å². The van der Waals surface area contributed by atoms with Crippen molar-refractivity contribution < 1.29 is 18.3 Å². The number of β-amino-alcohol motifs (C(OH)–C–C–N with tert-alkyl or cyclic N) is 1. The van der Waals surface area contributed by atoms with Gasteiger partial charge in [-0.2, -0.15) is 13.2 Å². The molecule has 0 spiro atoms. The first-order chi connectivity index (χ1) is 10.9. The Morgan fingerprint density at radius 3 is 2.48 bits per heavy atom. The normalized spacial score (nSPS) is 26.7. The number of anilines is 1. The number of nitrogens with zero attached hydrogens (tertiary/aromatic N) is 3. The molecule has 2 fully saturated rings. The standard InChI is InChI=1S/C16H22F3N3O/c17-16(18,19)13-4-5-14(20-10-13)22-9-6-15(23,12-22)11-21-7-2-1-3-8-21/h4-5,10,23H,1-3,6-9,11-12H2/t15-/m1/s1. The van der Waals surface area contributed by atoms with E-state index in [1.54, 1.807) is 0 Å². The van der Waals surface area contributed by atoms with E-state index in [0.717, 1.165) is 25.4 Å². The van der Waals surface area contributed by atoms with Gasteiger partial charge in [-0.3, -0.25) is 0 Å². The van der Waals surface area contributed by atoms with E-state index in [9.17, 15) is 18.3 Å². The molecule has 0 amide bonds. The molecule has 0 unspecified atom stereocenters. The van der Waals surface area contributed by atoms with Gasteiger partial charge >= 0.3 is 6.18 Å². The van der Waals surface area contributed by atoms with Crippen LogP contribution in [0.3, 0.4) is 0 Å². The van der Waals surface area contributed by atoms with Crippen LogP contribution in [-0.4, -0.2) is 53.3 Å². The van der Waals surface area contributed by atoms with Crippen molar-refractivity contribution in [3.63, 3.8) is 0 Å². The molecule has 0 bridgehead atoms. The number of hydrogen-bond acceptors (Lipinski definition) is 4. The Labute approximate surface area is 133 Å². The summed E-state index contributed by atoms with van der Waals surface area (Å²) in [5.41, 5.74) is -1.55. The van der Waals surface area contributed by atoms with E-state index in [1.807, 2.05) is 4.90 Å². The van der Waals surface area contributed by atoms with Crippen LogP contribution >= 0.6 is 0 Å². The Morgan fingerprint density at radius 2 is 1.87 bits per heavy atom. The summed E-state index contributed by atoms with van der Waals surface area (Å²) in [6.45, 7) is 3.69. The van der Waals surface area contributed by atoms with Crippen LogP contribution in [0.5, 0.6) is 0 Å². The smallest absolute Gasteiger partial charge is 0.387 e. The molecule has 4 nitrogen and oxygen atoms in total. The SMILES string of the molecule is O[C@@]1(CN2CCCCC2)CCN(c2ccc(C(F)(F)F)cn2)C1. The minimum atomic E-state index is -4.37. The highest BCUT2D eigenvalue weighted by atomic mass is 19.4. The first kappa shape index (κ1) is 16.5. The number of pyridine rings is 1. The maximum absolute atomic E-state index is 12.6. The lowest BCUT2D eigenvalue weighted by molar-refractivity contribution is -0.137. The van der Waals surface area contributed by atoms with Gasteiger partial charge in [-0.05, 0) is 44.5 Å². The summed E-state index contributed by atoms with van der Waals surface area (Å²) in [6, 6.07) is 2.43. The number of rotatable bonds is 3. The molecule has 0 aliphatic carbocycles. The first-order valence-electron chi connectivity index (χ1n) is 8.09. The lowest BCUT2D eigenvalue weighted by atomic mass is 10.0. The lowest BCUT2D eigenvalue weighted by Crippen LogP contribution is -2.46. The molecule has 1 aromatic rings. The summed E-state index contributed by atoms with van der Waals surface area (Å²) in [7, 11) is 0. The summed E-state index contributed by atoms with van der Waals surface area (Å²) < 4.78 is 37.7. The number of likely N-dealkylation sites (tertiary alicyclic amines) is 1. The second-order valence-electron chi connectivity index (χ2n) is 6.64. The molecular weight excluding hydrogens is 307 g/mol. The highest BCUT2D eigenvalue weighted by molar-refractivity contribution is 5.42. The van der Waals surface area contributed by atoms with Crippen LogP contribution in [0.4, 0.5) is 19.0 Å². The van der Waals surface area contributed by atoms with Crippen molar-refractivity contribution in [2.45, 2.75) is 37.5 Å². The largest absolute Gasteiger partial charge is 0.417 e. The van der Waals surface area contributed by atoms with Crippen LogP contribution < -0.4 is 4.90 Å². The van der Waals surface area contributed by atoms with Gasteiger partial charge in [-0.15, -0.1) is 0 Å². The number of hydrogen-bond donors (Lipinski definition) is 1. The van der Waals surface area contributed by atoms with Crippen molar-refractivity contribution in [2.24, 2.45) is 0 Å². The van der Waals surface area contributed by atoms with Crippen LogP contribution in [-0.2, 0) is 6.18 Å². The highest BCUT2D eigenvalue weighted by Gasteiger charge is 2.38. The van der Waals surface area contributed by atoms with Crippen molar-refractivity contribution in [1.29, 1.82) is 0 Å². The van der Waals surface area contributed by atoms with Crippen molar-refractivity contribution in [1.82, 2.24) is 9.88 Å². The quantitative estimate of drug-likeness (QED) is 0.925. The molecule has 2 aliphatic rings. The predicted molar refractivity (Wildman–Crippen MR) is 81.3 cm³/mol. The van der Waals surface area contributed by atoms with Gasteiger partial charge in [0.05, 0.1) is 11.2 Å². The van der Waals surface area contributed by atoms with E-state index in [2.05, 4.69) is 9.88 Å². The molecule has 7 heteroatoms. The first-order valence-corrected chi connectivity index (χ1v) is 8.09. The van der Waals surface area contributed by atoms with E-state index in [1.165, 1.54) is 25.3 Å². The summed E-state index contributed by atoms with van der Waals surface area (Å²) >= 11 is 0. The summed E-state index contributed by atoms with van der Waals surface area (Å²) in [5, 5.41) is 10.8. The van der Waals surface area contributed by atoms with E-state index >= 15 is 0 Å². The zero-order valence-electron chi connectivity index (χ0n) is 13.0. The number of alkyl halides is 3. The molecule has 23 heavy (non-hydrogen) atoms. The Hall–Kier alpha value is -1.34. The average molecular weight is 329 g/mol. The van der Waals surface area contributed by atoms with Gasteiger partial charge in [0.2, 0.25) is 0 Å². The number of piperidine rings is 1. The number of halogens is 3. The molecule has 3 rings (SSSR count). The summed E-state index contributed by atoms with van der Waals surface area (Å²) in [6.07, 6.45) is 0.687. The van der Waals surface area contributed by atoms with E-state index in [4.69, 9.17) is 0 Å². The monoisotopic (exact) mass is 329 g/mol. The molecule has 2 saturated heterocycles. The minimum absolute atomic E-state index is 0.419. The number of aliphatic hydroxyl groups is 1. The Morgan fingerprint density at radius 1 is 1.13 bits per heavy atom. The van der Waals surface area contributed by atoms with Gasteiger partial charge in [-0.25, -0.2) is 4.98 Å². The molecule has 3 heterocycles. The highest BCUT2D eigenvalue weighted by Crippen LogP contribution is 2.31. The fraction of sp³-hybridized carbons (Fsp3) is 0.688. The van der Waals surface area contributed by atoms with Crippen molar-refractivity contribution in [3.05, 3.63) is 23.9 Å². The predicted octanol–water partition coefficient (Wildman–Crippen LogP) is 2.53. The summed E-state index contributed by atoms with van der Waals surface area (Å²) in [5.74, 6) is 0.493. The second-order valence-corrected chi connectivity index (χ2v) is 6.64. The van der Waals surface area contributed by atoms with Crippen molar-refractivity contribution in [3.8, 4) is 0 Å². The molecule has 1 aromatic heterocycles. The van der Waals surface area contributed by atoms with Gasteiger partial charge in [0, 0.05) is 25.8 Å². The van der Waals surface area contributed by atoms with Crippen molar-refractivity contribution >= 4 is 5.82 Å². The number of aromatic nitrogens is 1. The van der Waals surface area contributed by atoms with Crippen LogP contribution in [0.2, 0.25) is 0 Å². The van der Waals surface area contributed by atoms with Crippen LogP contribution in [0.25, 0.3) is 0 Å². The van der Waals surface area contributed by atoms with E-state index in [0.29, 0.717) is 31.9 Å².